The van der Waals surface area contributed by atoms with Crippen LogP contribution in [-0.4, -0.2) is 53.3 Å². The predicted octanol–water partition coefficient (Wildman–Crippen LogP) is 0.593. The number of hydrogen-bond acceptors (Lipinski definition) is 5. The van der Waals surface area contributed by atoms with Gasteiger partial charge >= 0.3 is 0 Å². The van der Waals surface area contributed by atoms with E-state index in [2.05, 4.69) is 4.98 Å². The maximum absolute atomic E-state index is 12.3. The van der Waals surface area contributed by atoms with Crippen LogP contribution in [0.3, 0.4) is 0 Å². The smallest absolute Gasteiger partial charge is 0.266 e. The first-order chi connectivity index (χ1) is 8.13. The zero-order valence-corrected chi connectivity index (χ0v) is 10.8. The van der Waals surface area contributed by atoms with E-state index in [1.54, 1.807) is 4.90 Å². The van der Waals surface area contributed by atoms with Gasteiger partial charge in [-0.15, -0.1) is 11.3 Å². The summed E-state index contributed by atoms with van der Waals surface area (Å²) < 4.78 is 5.26. The molecule has 1 aromatic rings. The van der Waals surface area contributed by atoms with E-state index in [9.17, 15) is 9.90 Å². The topological polar surface area (TPSA) is 62.7 Å². The lowest BCUT2D eigenvalue weighted by molar-refractivity contribution is -0.0182. The van der Waals surface area contributed by atoms with E-state index in [4.69, 9.17) is 4.74 Å². The summed E-state index contributed by atoms with van der Waals surface area (Å²) in [5, 5.41) is 10.1. The number of carbonyl (C=O) groups is 1. The Morgan fingerprint density at radius 2 is 2.41 bits per heavy atom. The first-order valence-electron chi connectivity index (χ1n) is 5.57. The van der Waals surface area contributed by atoms with Crippen LogP contribution >= 0.6 is 11.3 Å². The van der Waals surface area contributed by atoms with Gasteiger partial charge in [0.1, 0.15) is 4.88 Å². The molecule has 2 rings (SSSR count). The average Bonchev–Trinajstić information content (AvgIpc) is 2.67. The normalized spacial score (nSPS) is 20.6. The van der Waals surface area contributed by atoms with Crippen molar-refractivity contribution in [1.29, 1.82) is 0 Å². The molecule has 0 radical (unpaired) electrons. The van der Waals surface area contributed by atoms with E-state index in [1.807, 2.05) is 13.8 Å². The number of morpholine rings is 1. The maximum Gasteiger partial charge on any atom is 0.266 e. The summed E-state index contributed by atoms with van der Waals surface area (Å²) in [5.74, 6) is -0.0459. The van der Waals surface area contributed by atoms with Crippen LogP contribution in [0.25, 0.3) is 0 Å². The molecular formula is C11H16N2O3S. The second-order valence-corrected chi connectivity index (χ2v) is 5.26. The molecule has 1 fully saturated rings. The zero-order valence-electron chi connectivity index (χ0n) is 9.97. The fourth-order valence-electron chi connectivity index (χ4n) is 1.93. The fraction of sp³-hybridized carbons (Fsp3) is 0.636. The molecule has 0 bridgehead atoms. The Balaban J connectivity index is 2.21. The third-order valence-electron chi connectivity index (χ3n) is 2.80. The molecule has 1 aromatic heterocycles. The van der Waals surface area contributed by atoms with E-state index in [-0.39, 0.29) is 18.6 Å². The van der Waals surface area contributed by atoms with Crippen LogP contribution < -0.4 is 0 Å². The van der Waals surface area contributed by atoms with Gasteiger partial charge in [0.2, 0.25) is 0 Å². The molecule has 0 aromatic carbocycles. The lowest BCUT2D eigenvalue weighted by Gasteiger charge is -2.34. The van der Waals surface area contributed by atoms with Crippen molar-refractivity contribution in [1.82, 2.24) is 9.88 Å². The molecule has 0 spiro atoms. The third kappa shape index (κ3) is 2.48. The van der Waals surface area contributed by atoms with Gasteiger partial charge in [0.25, 0.3) is 5.91 Å². The minimum absolute atomic E-state index is 0.0459. The Kier molecular flexibility index (Phi) is 3.76. The number of nitrogens with zero attached hydrogens (tertiary/aromatic N) is 2. The molecule has 1 unspecified atom stereocenters. The van der Waals surface area contributed by atoms with Crippen LogP contribution in [0.15, 0.2) is 0 Å². The van der Waals surface area contributed by atoms with E-state index < -0.39 is 0 Å². The summed E-state index contributed by atoms with van der Waals surface area (Å²) in [6, 6.07) is -0.238. The summed E-state index contributed by atoms with van der Waals surface area (Å²) in [4.78, 5) is 18.9. The quantitative estimate of drug-likeness (QED) is 0.841. The van der Waals surface area contributed by atoms with Crippen LogP contribution in [0, 0.1) is 13.8 Å². The molecule has 1 aliphatic rings. The minimum Gasteiger partial charge on any atom is -0.394 e. The number of aromatic nitrogens is 1. The number of aryl methyl sites for hydroxylation is 2. The molecule has 0 aliphatic carbocycles. The Hall–Kier alpha value is -0.980. The molecule has 6 heteroatoms. The molecule has 17 heavy (non-hydrogen) atoms. The fourth-order valence-corrected chi connectivity index (χ4v) is 2.81. The SMILES string of the molecule is Cc1nc(C)c(C(=O)N2CCOCC2CO)s1. The number of amides is 1. The number of aliphatic hydroxyl groups excluding tert-OH is 1. The van der Waals surface area contributed by atoms with E-state index in [0.29, 0.717) is 24.6 Å². The predicted molar refractivity (Wildman–Crippen MR) is 64.3 cm³/mol. The van der Waals surface area contributed by atoms with Gasteiger partial charge in [-0.25, -0.2) is 4.98 Å². The van der Waals surface area contributed by atoms with Crippen molar-refractivity contribution in [2.24, 2.45) is 0 Å². The largest absolute Gasteiger partial charge is 0.394 e. The van der Waals surface area contributed by atoms with E-state index >= 15 is 0 Å². The first kappa shape index (κ1) is 12.5. The van der Waals surface area contributed by atoms with Crippen LogP contribution in [0.2, 0.25) is 0 Å². The lowest BCUT2D eigenvalue weighted by atomic mass is 10.2. The molecule has 5 nitrogen and oxygen atoms in total. The van der Waals surface area contributed by atoms with Crippen molar-refractivity contribution in [3.8, 4) is 0 Å². The van der Waals surface area contributed by atoms with Crippen molar-refractivity contribution in [2.45, 2.75) is 19.9 Å². The van der Waals surface area contributed by atoms with Gasteiger partial charge in [-0.3, -0.25) is 4.79 Å². The Bertz CT molecular complexity index is 419. The highest BCUT2D eigenvalue weighted by Gasteiger charge is 2.29. The van der Waals surface area contributed by atoms with E-state index in [0.717, 1.165) is 10.7 Å². The van der Waals surface area contributed by atoms with Crippen LogP contribution in [0.1, 0.15) is 20.4 Å². The van der Waals surface area contributed by atoms with Gasteiger partial charge < -0.3 is 14.7 Å². The van der Waals surface area contributed by atoms with Gasteiger partial charge in [0.05, 0.1) is 36.6 Å². The summed E-state index contributed by atoms with van der Waals surface area (Å²) in [6.07, 6.45) is 0. The number of aliphatic hydroxyl groups is 1. The second-order valence-electron chi connectivity index (χ2n) is 4.06. The van der Waals surface area contributed by atoms with Crippen LogP contribution in [0.4, 0.5) is 0 Å². The Morgan fingerprint density at radius 1 is 1.65 bits per heavy atom. The molecule has 0 saturated carbocycles. The molecule has 1 atom stereocenters. The summed E-state index contributed by atoms with van der Waals surface area (Å²) in [7, 11) is 0. The number of carbonyl (C=O) groups excluding carboxylic acids is 1. The number of hydrogen-bond donors (Lipinski definition) is 1. The number of thiazole rings is 1. The van der Waals surface area contributed by atoms with Gasteiger partial charge in [-0.05, 0) is 13.8 Å². The Morgan fingerprint density at radius 3 is 3.00 bits per heavy atom. The zero-order chi connectivity index (χ0) is 12.4. The minimum atomic E-state index is -0.238. The van der Waals surface area contributed by atoms with Crippen molar-refractivity contribution in [3.63, 3.8) is 0 Å². The number of ether oxygens (including phenoxy) is 1. The van der Waals surface area contributed by atoms with E-state index in [1.165, 1.54) is 11.3 Å². The van der Waals surface area contributed by atoms with Crippen molar-refractivity contribution >= 4 is 17.2 Å². The second kappa shape index (κ2) is 5.12. The lowest BCUT2D eigenvalue weighted by Crippen LogP contribution is -2.50. The third-order valence-corrected chi connectivity index (χ3v) is 3.86. The molecular weight excluding hydrogens is 240 g/mol. The number of rotatable bonds is 2. The van der Waals surface area contributed by atoms with Gasteiger partial charge in [-0.2, -0.15) is 0 Å². The Labute approximate surface area is 104 Å². The van der Waals surface area contributed by atoms with Gasteiger partial charge in [0, 0.05) is 6.54 Å². The van der Waals surface area contributed by atoms with Crippen molar-refractivity contribution in [2.75, 3.05) is 26.4 Å². The molecule has 1 amide bonds. The summed E-state index contributed by atoms with van der Waals surface area (Å²) in [6.45, 7) is 5.11. The van der Waals surface area contributed by atoms with Crippen molar-refractivity contribution < 1.29 is 14.6 Å². The molecule has 94 valence electrons. The molecule has 1 N–H and O–H groups in total. The highest BCUT2D eigenvalue weighted by molar-refractivity contribution is 7.13. The van der Waals surface area contributed by atoms with Crippen molar-refractivity contribution in [3.05, 3.63) is 15.6 Å². The molecule has 1 saturated heterocycles. The monoisotopic (exact) mass is 256 g/mol. The highest BCUT2D eigenvalue weighted by atomic mass is 32.1. The average molecular weight is 256 g/mol. The maximum atomic E-state index is 12.3. The van der Waals surface area contributed by atoms with Gasteiger partial charge in [0.15, 0.2) is 0 Å². The summed E-state index contributed by atoms with van der Waals surface area (Å²) >= 11 is 1.40. The molecule has 1 aliphatic heterocycles. The first-order valence-corrected chi connectivity index (χ1v) is 6.38. The van der Waals surface area contributed by atoms with Crippen LogP contribution in [0.5, 0.6) is 0 Å². The summed E-state index contributed by atoms with van der Waals surface area (Å²) in [5.41, 5.74) is 0.765. The molecule has 2 heterocycles. The van der Waals surface area contributed by atoms with Gasteiger partial charge in [-0.1, -0.05) is 0 Å². The highest BCUT2D eigenvalue weighted by Crippen LogP contribution is 2.21. The standard InChI is InChI=1S/C11H16N2O3S/c1-7-10(17-8(2)12-7)11(15)13-3-4-16-6-9(13)5-14/h9,14H,3-6H2,1-2H3. The van der Waals surface area contributed by atoms with Crippen LogP contribution in [-0.2, 0) is 4.74 Å².